The first-order valence-electron chi connectivity index (χ1n) is 37.8. The number of carbonyl (C=O) groups excluding carboxylic acids is 2. The lowest BCUT2D eigenvalue weighted by Crippen LogP contribution is -2.47. The van der Waals surface area contributed by atoms with Gasteiger partial charge in [0.25, 0.3) is 7.82 Å². The molecule has 0 aromatic rings. The van der Waals surface area contributed by atoms with Crippen molar-refractivity contribution >= 4 is 19.7 Å². The van der Waals surface area contributed by atoms with Gasteiger partial charge >= 0.3 is 5.97 Å². The largest absolute Gasteiger partial charge is 0.756 e. The van der Waals surface area contributed by atoms with Crippen LogP contribution in [0.25, 0.3) is 0 Å². The molecule has 524 valence electrons. The number of hydrogen-bond donors (Lipinski definition) is 1. The van der Waals surface area contributed by atoms with E-state index in [1.807, 2.05) is 33.3 Å². The molecule has 0 saturated carbocycles. The maximum atomic E-state index is 13.6. The first kappa shape index (κ1) is 87.4. The van der Waals surface area contributed by atoms with Crippen molar-refractivity contribution in [1.82, 2.24) is 5.32 Å². The maximum Gasteiger partial charge on any atom is 0.306 e. The summed E-state index contributed by atoms with van der Waals surface area (Å²) < 4.78 is 30.5. The van der Waals surface area contributed by atoms with Crippen LogP contribution in [-0.4, -0.2) is 69.4 Å². The highest BCUT2D eigenvalue weighted by atomic mass is 31.2. The van der Waals surface area contributed by atoms with Gasteiger partial charge < -0.3 is 28.5 Å². The molecule has 0 aliphatic carbocycles. The van der Waals surface area contributed by atoms with Crippen LogP contribution in [0.5, 0.6) is 0 Å². The average molecular weight is 1290 g/mol. The molecule has 10 heteroatoms. The summed E-state index contributed by atoms with van der Waals surface area (Å²) in [5, 5.41) is 3.05. The third kappa shape index (κ3) is 70.6. The van der Waals surface area contributed by atoms with Crippen LogP contribution in [0, 0.1) is 0 Å². The van der Waals surface area contributed by atoms with Crippen LogP contribution in [0.1, 0.15) is 329 Å². The fourth-order valence-electron chi connectivity index (χ4n) is 10.6. The van der Waals surface area contributed by atoms with E-state index in [1.165, 1.54) is 167 Å². The molecule has 0 saturated heterocycles. The lowest BCUT2D eigenvalue weighted by Gasteiger charge is -2.30. The third-order valence-electron chi connectivity index (χ3n) is 16.4. The van der Waals surface area contributed by atoms with E-state index < -0.39 is 26.6 Å². The van der Waals surface area contributed by atoms with Crippen LogP contribution in [0.15, 0.2) is 122 Å². The molecule has 0 spiro atoms. The van der Waals surface area contributed by atoms with Gasteiger partial charge in [0.1, 0.15) is 19.3 Å². The summed E-state index contributed by atoms with van der Waals surface area (Å²) in [4.78, 5) is 40.3. The summed E-state index contributed by atoms with van der Waals surface area (Å²) in [6, 6.07) is -0.902. The number of quaternary nitrogens is 1. The second-order valence-electron chi connectivity index (χ2n) is 26.4. The molecule has 0 aliphatic heterocycles. The molecular formula is C81H143N2O7P. The maximum absolute atomic E-state index is 13.6. The number of phosphoric ester groups is 1. The summed E-state index contributed by atoms with van der Waals surface area (Å²) in [5.74, 6) is -0.550. The monoisotopic (exact) mass is 1290 g/mol. The average Bonchev–Trinajstić information content (AvgIpc) is 3.73. The van der Waals surface area contributed by atoms with Crippen LogP contribution in [0.4, 0.5) is 0 Å². The van der Waals surface area contributed by atoms with E-state index in [4.69, 9.17) is 13.8 Å². The van der Waals surface area contributed by atoms with Crippen molar-refractivity contribution in [2.75, 3.05) is 40.9 Å². The van der Waals surface area contributed by atoms with Crippen LogP contribution in [-0.2, 0) is 27.9 Å². The molecule has 1 amide bonds. The number of esters is 1. The molecule has 1 N–H and O–H groups in total. The van der Waals surface area contributed by atoms with E-state index in [1.54, 1.807) is 0 Å². The number of carbonyl (C=O) groups is 2. The zero-order chi connectivity index (χ0) is 66.3. The number of likely N-dealkylation sites (N-methyl/N-ethyl adjacent to an activating group) is 1. The fourth-order valence-corrected chi connectivity index (χ4v) is 11.3. The molecule has 0 radical (unpaired) electrons. The Balaban J connectivity index is 5.07. The Labute approximate surface area is 563 Å². The SMILES string of the molecule is CC/C=C\C/C=C\C/C=C\C/C=C\C/C=C\C/C=C\CCCCCCCCCCC(=O)OC(/C=C/CCCCCCCCCCCCC)C(COP(=O)([O-])OCC[N+](C)(C)C)NC(=O)CCCCCCCCCCCCCC/C=C\C/C=C\C/C=C\CCCCC. The van der Waals surface area contributed by atoms with Crippen molar-refractivity contribution in [2.45, 2.75) is 341 Å². The van der Waals surface area contributed by atoms with E-state index in [2.05, 4.69) is 135 Å². The summed E-state index contributed by atoms with van der Waals surface area (Å²) in [5.41, 5.74) is 0. The van der Waals surface area contributed by atoms with Gasteiger partial charge in [-0.2, -0.15) is 0 Å². The van der Waals surface area contributed by atoms with E-state index in [0.717, 1.165) is 128 Å². The fraction of sp³-hybridized carbons (Fsp3) is 0.728. The summed E-state index contributed by atoms with van der Waals surface area (Å²) in [6.07, 6.45) is 97.5. The number of phosphoric acid groups is 1. The Morgan fingerprint density at radius 2 is 0.703 bits per heavy atom. The molecule has 3 atom stereocenters. The van der Waals surface area contributed by atoms with Crippen LogP contribution in [0.2, 0.25) is 0 Å². The quantitative estimate of drug-likeness (QED) is 0.0212. The Bertz CT molecular complexity index is 1970. The standard InChI is InChI=1S/C81H143N2O7P/c1-7-10-13-16-19-22-25-28-30-32-34-36-38-40-41-43-45-47-49-51-53-56-59-62-65-68-71-74-81(85)90-79(72-69-66-63-60-57-54-27-24-21-18-15-12-9-3)78(77-89-91(86,87)88-76-75-83(4,5)6)82-80(84)73-70-67-64-61-58-55-52-50-48-46-44-42-39-37-35-33-31-29-26-23-20-17-14-11-8-2/h10,13,19-20,22-23,28-31,34-37,40-41,45,47,69,72,78-79H,7-9,11-12,14-18,21,24-27,32-33,38-39,42-44,46,48-68,70-71,73-77H2,1-6H3,(H-,82,84,86,87)/b13-10-,22-19-,23-20-,30-28-,31-29-,36-34-,37-35-,41-40-,47-45-,72-69+. The number of nitrogens with one attached hydrogen (secondary N) is 1. The molecule has 0 aromatic carbocycles. The Morgan fingerprint density at radius 1 is 0.396 bits per heavy atom. The normalized spacial score (nSPS) is 14.1. The highest BCUT2D eigenvalue weighted by Gasteiger charge is 2.27. The summed E-state index contributed by atoms with van der Waals surface area (Å²) >= 11 is 0. The Kier molecular flexibility index (Phi) is 66.5. The van der Waals surface area contributed by atoms with Crippen molar-refractivity contribution in [3.63, 3.8) is 0 Å². The van der Waals surface area contributed by atoms with E-state index in [-0.39, 0.29) is 24.9 Å². The van der Waals surface area contributed by atoms with Gasteiger partial charge in [-0.1, -0.05) is 316 Å². The Morgan fingerprint density at radius 3 is 1.08 bits per heavy atom. The van der Waals surface area contributed by atoms with Crippen LogP contribution >= 0.6 is 7.82 Å². The highest BCUT2D eigenvalue weighted by molar-refractivity contribution is 7.45. The number of ether oxygens (including phenoxy) is 1. The third-order valence-corrected chi connectivity index (χ3v) is 17.3. The minimum Gasteiger partial charge on any atom is -0.756 e. The zero-order valence-electron chi connectivity index (χ0n) is 60.0. The summed E-state index contributed by atoms with van der Waals surface area (Å²) in [6.45, 7) is 6.72. The molecule has 0 rings (SSSR count). The van der Waals surface area contributed by atoms with Gasteiger partial charge in [0.05, 0.1) is 33.8 Å². The van der Waals surface area contributed by atoms with Crippen molar-refractivity contribution < 1.29 is 37.3 Å². The van der Waals surface area contributed by atoms with Crippen molar-refractivity contribution in [3.05, 3.63) is 122 Å². The first-order valence-corrected chi connectivity index (χ1v) is 39.3. The predicted molar refractivity (Wildman–Crippen MR) is 394 cm³/mol. The number of allylic oxidation sites excluding steroid dienone is 19. The molecule has 0 fully saturated rings. The van der Waals surface area contributed by atoms with Crippen molar-refractivity contribution in [1.29, 1.82) is 0 Å². The minimum absolute atomic E-state index is 0.0290. The van der Waals surface area contributed by atoms with Gasteiger partial charge in [-0.25, -0.2) is 0 Å². The number of unbranched alkanes of at least 4 members (excludes halogenated alkanes) is 34. The number of nitrogens with zero attached hydrogens (tertiary/aromatic N) is 1. The van der Waals surface area contributed by atoms with Gasteiger partial charge in [-0.05, 0) is 122 Å². The smallest absolute Gasteiger partial charge is 0.306 e. The van der Waals surface area contributed by atoms with E-state index in [0.29, 0.717) is 17.4 Å². The van der Waals surface area contributed by atoms with Crippen LogP contribution in [0.3, 0.4) is 0 Å². The number of rotatable bonds is 68. The minimum atomic E-state index is -4.72. The van der Waals surface area contributed by atoms with Gasteiger partial charge in [0.15, 0.2) is 0 Å². The lowest BCUT2D eigenvalue weighted by atomic mass is 10.0. The van der Waals surface area contributed by atoms with Gasteiger partial charge in [0.2, 0.25) is 5.91 Å². The number of hydrogen-bond acceptors (Lipinski definition) is 7. The molecule has 0 heterocycles. The van der Waals surface area contributed by atoms with Crippen molar-refractivity contribution in [2.24, 2.45) is 0 Å². The molecule has 0 aromatic heterocycles. The highest BCUT2D eigenvalue weighted by Crippen LogP contribution is 2.38. The van der Waals surface area contributed by atoms with Crippen LogP contribution < -0.4 is 10.2 Å². The van der Waals surface area contributed by atoms with Crippen molar-refractivity contribution in [3.8, 4) is 0 Å². The van der Waals surface area contributed by atoms with E-state index >= 15 is 0 Å². The summed E-state index contributed by atoms with van der Waals surface area (Å²) in [7, 11) is 1.17. The molecule has 0 bridgehead atoms. The predicted octanol–water partition coefficient (Wildman–Crippen LogP) is 23.9. The second kappa shape index (κ2) is 69.2. The van der Waals surface area contributed by atoms with Gasteiger partial charge in [0, 0.05) is 12.8 Å². The molecule has 9 nitrogen and oxygen atoms in total. The lowest BCUT2D eigenvalue weighted by molar-refractivity contribution is -0.870. The topological polar surface area (TPSA) is 114 Å². The molecular weight excluding hydrogens is 1140 g/mol. The Hall–Kier alpha value is -3.59. The van der Waals surface area contributed by atoms with E-state index in [9.17, 15) is 19.0 Å². The first-order chi connectivity index (χ1) is 44.4. The zero-order valence-corrected chi connectivity index (χ0v) is 60.9. The molecule has 3 unspecified atom stereocenters. The number of amides is 1. The van der Waals surface area contributed by atoms with Gasteiger partial charge in [-0.15, -0.1) is 0 Å². The molecule has 0 aliphatic rings. The second-order valence-corrected chi connectivity index (χ2v) is 27.8. The van der Waals surface area contributed by atoms with Gasteiger partial charge in [-0.3, -0.25) is 14.2 Å². The molecule has 91 heavy (non-hydrogen) atoms.